The number of benzene rings is 1. The van der Waals surface area contributed by atoms with Crippen LogP contribution < -0.4 is 15.8 Å². The third kappa shape index (κ3) is 6.06. The Bertz CT molecular complexity index is 464. The molecule has 5 heteroatoms. The van der Waals surface area contributed by atoms with Crippen molar-refractivity contribution in [2.45, 2.75) is 39.7 Å². The zero-order chi connectivity index (χ0) is 15.8. The van der Waals surface area contributed by atoms with Crippen LogP contribution in [0.1, 0.15) is 32.8 Å². The first-order chi connectivity index (χ1) is 9.95. The van der Waals surface area contributed by atoms with Gasteiger partial charge in [0.05, 0.1) is 4.47 Å². The number of hydrogen-bond donors (Lipinski definition) is 2. The molecule has 0 heterocycles. The summed E-state index contributed by atoms with van der Waals surface area (Å²) in [4.78, 5) is 12.0. The van der Waals surface area contributed by atoms with Crippen LogP contribution >= 0.6 is 15.9 Å². The Morgan fingerprint density at radius 1 is 1.38 bits per heavy atom. The van der Waals surface area contributed by atoms with Gasteiger partial charge in [-0.25, -0.2) is 0 Å². The van der Waals surface area contributed by atoms with Gasteiger partial charge in [0.15, 0.2) is 6.10 Å². The minimum Gasteiger partial charge on any atom is -0.479 e. The quantitative estimate of drug-likeness (QED) is 0.752. The van der Waals surface area contributed by atoms with Gasteiger partial charge in [-0.1, -0.05) is 26.0 Å². The van der Waals surface area contributed by atoms with Crippen LogP contribution in [0.2, 0.25) is 0 Å². The highest BCUT2D eigenvalue weighted by molar-refractivity contribution is 9.10. The van der Waals surface area contributed by atoms with Crippen LogP contribution in [0.3, 0.4) is 0 Å². The summed E-state index contributed by atoms with van der Waals surface area (Å²) in [5, 5.41) is 2.90. The second-order valence-corrected chi connectivity index (χ2v) is 6.35. The van der Waals surface area contributed by atoms with Crippen molar-refractivity contribution in [2.75, 3.05) is 13.1 Å². The van der Waals surface area contributed by atoms with Gasteiger partial charge in [0.25, 0.3) is 5.91 Å². The Labute approximate surface area is 135 Å². The Kier molecular flexibility index (Phi) is 7.75. The van der Waals surface area contributed by atoms with E-state index in [1.54, 1.807) is 6.92 Å². The smallest absolute Gasteiger partial charge is 0.260 e. The number of carbonyl (C=O) groups excluding carboxylic acids is 1. The molecule has 21 heavy (non-hydrogen) atoms. The highest BCUT2D eigenvalue weighted by atomic mass is 79.9. The zero-order valence-electron chi connectivity index (χ0n) is 13.0. The molecular weight excluding hydrogens is 332 g/mol. The molecule has 1 rings (SSSR count). The Hall–Kier alpha value is -1.07. The van der Waals surface area contributed by atoms with E-state index in [0.717, 1.165) is 22.9 Å². The predicted molar refractivity (Wildman–Crippen MR) is 89.5 cm³/mol. The molecule has 118 valence electrons. The monoisotopic (exact) mass is 356 g/mol. The average Bonchev–Trinajstić information content (AvgIpc) is 2.42. The maximum absolute atomic E-state index is 12.0. The first kappa shape index (κ1) is 18.0. The lowest BCUT2D eigenvalue weighted by molar-refractivity contribution is -0.127. The van der Waals surface area contributed by atoms with Crippen LogP contribution in [-0.4, -0.2) is 25.1 Å². The van der Waals surface area contributed by atoms with E-state index in [2.05, 4.69) is 35.1 Å². The molecule has 1 aromatic rings. The third-order valence-corrected chi connectivity index (χ3v) is 3.77. The van der Waals surface area contributed by atoms with Crippen molar-refractivity contribution in [1.29, 1.82) is 0 Å². The van der Waals surface area contributed by atoms with Crippen LogP contribution in [0.25, 0.3) is 0 Å². The normalized spacial score (nSPS) is 12.3. The molecule has 0 aromatic heterocycles. The molecular formula is C16H25BrN2O2. The van der Waals surface area contributed by atoms with Gasteiger partial charge in [-0.05, 0) is 59.8 Å². The Morgan fingerprint density at radius 2 is 2.10 bits per heavy atom. The third-order valence-electron chi connectivity index (χ3n) is 3.15. The van der Waals surface area contributed by atoms with Gasteiger partial charge in [-0.2, -0.15) is 0 Å². The van der Waals surface area contributed by atoms with Gasteiger partial charge < -0.3 is 15.8 Å². The van der Waals surface area contributed by atoms with Crippen LogP contribution in [0.5, 0.6) is 5.75 Å². The number of para-hydroxylation sites is 1. The number of rotatable bonds is 8. The summed E-state index contributed by atoms with van der Waals surface area (Å²) < 4.78 is 6.68. The molecule has 1 unspecified atom stereocenters. The standard InChI is InChI=1S/C16H25BrN2O2/c1-11(2)8-10-19-16(20)12(3)21-15-13(7-9-18)5-4-6-14(15)17/h4-6,11-12H,7-10,18H2,1-3H3,(H,19,20). The van der Waals surface area contributed by atoms with Gasteiger partial charge >= 0.3 is 0 Å². The molecule has 0 spiro atoms. The Balaban J connectivity index is 2.65. The molecule has 0 saturated carbocycles. The van der Waals surface area contributed by atoms with E-state index in [-0.39, 0.29) is 5.91 Å². The van der Waals surface area contributed by atoms with Gasteiger partial charge in [0.2, 0.25) is 0 Å². The summed E-state index contributed by atoms with van der Waals surface area (Å²) in [7, 11) is 0. The predicted octanol–water partition coefficient (Wildman–Crippen LogP) is 2.88. The van der Waals surface area contributed by atoms with E-state index in [1.807, 2.05) is 18.2 Å². The molecule has 1 amide bonds. The molecule has 0 aliphatic heterocycles. The molecule has 0 aliphatic carbocycles. The second kappa shape index (κ2) is 9.05. The van der Waals surface area contributed by atoms with Gasteiger partial charge in [0, 0.05) is 6.54 Å². The van der Waals surface area contributed by atoms with E-state index in [0.29, 0.717) is 24.8 Å². The van der Waals surface area contributed by atoms with E-state index in [4.69, 9.17) is 10.5 Å². The van der Waals surface area contributed by atoms with Crippen molar-refractivity contribution in [3.05, 3.63) is 28.2 Å². The molecule has 1 aromatic carbocycles. The summed E-state index contributed by atoms with van der Waals surface area (Å²) in [6, 6.07) is 5.81. The number of ether oxygens (including phenoxy) is 1. The lowest BCUT2D eigenvalue weighted by Gasteiger charge is -2.18. The zero-order valence-corrected chi connectivity index (χ0v) is 14.6. The first-order valence-corrected chi connectivity index (χ1v) is 8.16. The van der Waals surface area contributed by atoms with E-state index in [1.165, 1.54) is 0 Å². The number of amides is 1. The molecule has 3 N–H and O–H groups in total. The number of carbonyl (C=O) groups is 1. The summed E-state index contributed by atoms with van der Waals surface area (Å²) in [5.74, 6) is 1.18. The van der Waals surface area contributed by atoms with Crippen LogP contribution in [-0.2, 0) is 11.2 Å². The summed E-state index contributed by atoms with van der Waals surface area (Å²) in [5.41, 5.74) is 6.62. The van der Waals surface area contributed by atoms with E-state index in [9.17, 15) is 4.79 Å². The van der Waals surface area contributed by atoms with Gasteiger partial charge in [-0.15, -0.1) is 0 Å². The first-order valence-electron chi connectivity index (χ1n) is 7.37. The topological polar surface area (TPSA) is 64.3 Å². The van der Waals surface area contributed by atoms with Crippen molar-refractivity contribution >= 4 is 21.8 Å². The molecule has 0 fully saturated rings. The SMILES string of the molecule is CC(C)CCNC(=O)C(C)Oc1c(Br)cccc1CCN. The van der Waals surface area contributed by atoms with Crippen molar-refractivity contribution < 1.29 is 9.53 Å². The van der Waals surface area contributed by atoms with Crippen LogP contribution in [0.4, 0.5) is 0 Å². The summed E-state index contributed by atoms with van der Waals surface area (Å²) >= 11 is 3.47. The van der Waals surface area contributed by atoms with E-state index < -0.39 is 6.10 Å². The van der Waals surface area contributed by atoms with Crippen molar-refractivity contribution in [3.63, 3.8) is 0 Å². The van der Waals surface area contributed by atoms with Gasteiger partial charge in [-0.3, -0.25) is 4.79 Å². The molecule has 0 saturated heterocycles. The summed E-state index contributed by atoms with van der Waals surface area (Å²) in [6.07, 6.45) is 1.15. The van der Waals surface area contributed by atoms with Crippen LogP contribution in [0.15, 0.2) is 22.7 Å². The molecule has 4 nitrogen and oxygen atoms in total. The summed E-state index contributed by atoms with van der Waals surface area (Å²) in [6.45, 7) is 7.24. The van der Waals surface area contributed by atoms with Crippen molar-refractivity contribution in [1.82, 2.24) is 5.32 Å². The Morgan fingerprint density at radius 3 is 2.71 bits per heavy atom. The highest BCUT2D eigenvalue weighted by Crippen LogP contribution is 2.30. The number of nitrogens with two attached hydrogens (primary N) is 1. The van der Waals surface area contributed by atoms with Crippen molar-refractivity contribution in [2.24, 2.45) is 11.7 Å². The number of halogens is 1. The molecule has 1 atom stereocenters. The fraction of sp³-hybridized carbons (Fsp3) is 0.562. The van der Waals surface area contributed by atoms with Crippen LogP contribution in [0, 0.1) is 5.92 Å². The maximum atomic E-state index is 12.0. The van der Waals surface area contributed by atoms with Crippen molar-refractivity contribution in [3.8, 4) is 5.75 Å². The highest BCUT2D eigenvalue weighted by Gasteiger charge is 2.17. The lowest BCUT2D eigenvalue weighted by Crippen LogP contribution is -2.37. The fourth-order valence-corrected chi connectivity index (χ4v) is 2.40. The fourth-order valence-electron chi connectivity index (χ4n) is 1.90. The lowest BCUT2D eigenvalue weighted by atomic mass is 10.1. The molecule has 0 bridgehead atoms. The minimum atomic E-state index is -0.535. The molecule has 0 radical (unpaired) electrons. The average molecular weight is 357 g/mol. The second-order valence-electron chi connectivity index (χ2n) is 5.50. The minimum absolute atomic E-state index is 0.0925. The molecule has 0 aliphatic rings. The largest absolute Gasteiger partial charge is 0.479 e. The van der Waals surface area contributed by atoms with Gasteiger partial charge in [0.1, 0.15) is 5.75 Å². The maximum Gasteiger partial charge on any atom is 0.260 e. The number of hydrogen-bond acceptors (Lipinski definition) is 3. The number of nitrogens with one attached hydrogen (secondary N) is 1. The van der Waals surface area contributed by atoms with E-state index >= 15 is 0 Å².